The van der Waals surface area contributed by atoms with Crippen LogP contribution in [-0.4, -0.2) is 50.7 Å². The van der Waals surface area contributed by atoms with Gasteiger partial charge in [-0.15, -0.1) is 0 Å². The van der Waals surface area contributed by atoms with Crippen LogP contribution in [0.1, 0.15) is 36.7 Å². The van der Waals surface area contributed by atoms with Crippen molar-refractivity contribution >= 4 is 5.91 Å². The van der Waals surface area contributed by atoms with Crippen molar-refractivity contribution in [2.45, 2.75) is 52.2 Å². The Kier molecular flexibility index (Phi) is 4.12. The van der Waals surface area contributed by atoms with Gasteiger partial charge in [0.05, 0.1) is 17.4 Å². The number of aryl methyl sites for hydroxylation is 1. The van der Waals surface area contributed by atoms with Crippen molar-refractivity contribution in [3.05, 3.63) is 47.3 Å². The van der Waals surface area contributed by atoms with E-state index in [4.69, 9.17) is 5.10 Å². The summed E-state index contributed by atoms with van der Waals surface area (Å²) in [7, 11) is 0. The minimum atomic E-state index is -0.0479. The van der Waals surface area contributed by atoms with E-state index in [1.807, 2.05) is 29.8 Å². The van der Waals surface area contributed by atoms with E-state index in [0.717, 1.165) is 49.6 Å². The molecule has 25 heavy (non-hydrogen) atoms. The van der Waals surface area contributed by atoms with E-state index in [-0.39, 0.29) is 6.04 Å². The van der Waals surface area contributed by atoms with Crippen LogP contribution in [0.15, 0.2) is 30.3 Å². The number of piperazine rings is 1. The minimum Gasteiger partial charge on any atom is -0.337 e. The lowest BCUT2D eigenvalue weighted by Crippen LogP contribution is -2.58. The maximum atomic E-state index is 12.7. The van der Waals surface area contributed by atoms with Crippen LogP contribution >= 0.6 is 0 Å². The first kappa shape index (κ1) is 16.3. The van der Waals surface area contributed by atoms with Crippen LogP contribution in [0.3, 0.4) is 0 Å². The fourth-order valence-electron chi connectivity index (χ4n) is 4.27. The van der Waals surface area contributed by atoms with E-state index in [9.17, 15) is 4.79 Å². The van der Waals surface area contributed by atoms with E-state index in [1.54, 1.807) is 0 Å². The maximum Gasteiger partial charge on any atom is 0.239 e. The van der Waals surface area contributed by atoms with Crippen LogP contribution in [0, 0.1) is 13.8 Å². The molecule has 5 nitrogen and oxygen atoms in total. The first-order chi connectivity index (χ1) is 12.1. The van der Waals surface area contributed by atoms with Crippen LogP contribution in [0.5, 0.6) is 0 Å². The molecule has 2 atom stereocenters. The van der Waals surface area contributed by atoms with Crippen molar-refractivity contribution in [3.63, 3.8) is 0 Å². The molecule has 132 valence electrons. The summed E-state index contributed by atoms with van der Waals surface area (Å²) in [5.41, 5.74) is 4.54. The summed E-state index contributed by atoms with van der Waals surface area (Å²) in [6.07, 6.45) is 2.27. The third-order valence-electron chi connectivity index (χ3n) is 5.81. The Balaban J connectivity index is 1.61. The Hall–Kier alpha value is -2.14. The normalized spacial score (nSPS) is 24.0. The number of carbonyl (C=O) groups is 1. The summed E-state index contributed by atoms with van der Waals surface area (Å²) < 4.78 is 2.02. The summed E-state index contributed by atoms with van der Waals surface area (Å²) in [6.45, 7) is 8.94. The molecule has 3 heterocycles. The van der Waals surface area contributed by atoms with Crippen LogP contribution in [0.2, 0.25) is 0 Å². The van der Waals surface area contributed by atoms with Gasteiger partial charge in [0.25, 0.3) is 0 Å². The summed E-state index contributed by atoms with van der Waals surface area (Å²) in [5.74, 6) is 0.291. The molecular formula is C20H26N4O. The number of aromatic nitrogens is 2. The molecule has 2 saturated heterocycles. The van der Waals surface area contributed by atoms with E-state index in [2.05, 4.69) is 35.8 Å². The third-order valence-corrected chi connectivity index (χ3v) is 5.81. The average Bonchev–Trinajstić information content (AvgIpc) is 3.20. The smallest absolute Gasteiger partial charge is 0.239 e. The molecule has 0 saturated carbocycles. The number of amides is 1. The molecule has 1 aromatic carbocycles. The van der Waals surface area contributed by atoms with Gasteiger partial charge in [-0.2, -0.15) is 5.10 Å². The Bertz CT molecular complexity index is 782. The first-order valence-electron chi connectivity index (χ1n) is 9.21. The maximum absolute atomic E-state index is 12.7. The predicted octanol–water partition coefficient (Wildman–Crippen LogP) is 2.68. The highest BCUT2D eigenvalue weighted by Gasteiger charge is 2.40. The van der Waals surface area contributed by atoms with Gasteiger partial charge in [0.1, 0.15) is 0 Å². The lowest BCUT2D eigenvalue weighted by molar-refractivity contribution is -0.143. The molecule has 1 amide bonds. The average molecular weight is 338 g/mol. The van der Waals surface area contributed by atoms with Gasteiger partial charge in [-0.3, -0.25) is 9.69 Å². The Morgan fingerprint density at radius 2 is 1.96 bits per heavy atom. The molecular weight excluding hydrogens is 312 g/mol. The largest absolute Gasteiger partial charge is 0.337 e. The highest BCUT2D eigenvalue weighted by atomic mass is 16.2. The number of fused-ring (bicyclic) bond motifs is 1. The van der Waals surface area contributed by atoms with Gasteiger partial charge in [-0.05, 0) is 45.7 Å². The molecule has 0 unspecified atom stereocenters. The number of nitrogens with zero attached hydrogens (tertiary/aromatic N) is 4. The molecule has 0 spiro atoms. The molecule has 2 fully saturated rings. The fraction of sp³-hybridized carbons (Fsp3) is 0.500. The zero-order valence-electron chi connectivity index (χ0n) is 15.3. The zero-order chi connectivity index (χ0) is 17.6. The zero-order valence-corrected chi connectivity index (χ0v) is 15.3. The van der Waals surface area contributed by atoms with Gasteiger partial charge in [-0.25, -0.2) is 4.68 Å². The SMILES string of the molecule is Cc1nn(-c2ccccc2)c(C)c1CN1C[C@H]2CCCN2C(=O)[C@H]1C. The van der Waals surface area contributed by atoms with E-state index in [1.165, 1.54) is 5.56 Å². The lowest BCUT2D eigenvalue weighted by Gasteiger charge is -2.41. The van der Waals surface area contributed by atoms with Crippen LogP contribution in [0.4, 0.5) is 0 Å². The molecule has 0 N–H and O–H groups in total. The van der Waals surface area contributed by atoms with Crippen molar-refractivity contribution in [1.29, 1.82) is 0 Å². The molecule has 0 radical (unpaired) electrons. The molecule has 2 aliphatic rings. The van der Waals surface area contributed by atoms with Gasteiger partial charge in [-0.1, -0.05) is 18.2 Å². The Morgan fingerprint density at radius 1 is 1.20 bits per heavy atom. The van der Waals surface area contributed by atoms with Crippen molar-refractivity contribution in [2.24, 2.45) is 0 Å². The standard InChI is InChI=1S/C20H26N4O/c1-14-19(15(2)24(21-14)17-8-5-4-6-9-17)13-22-12-18-10-7-11-23(18)20(25)16(22)3/h4-6,8-9,16,18H,7,10-13H2,1-3H3/t16-,18-/m1/s1. The summed E-state index contributed by atoms with van der Waals surface area (Å²) in [6, 6.07) is 10.6. The highest BCUT2D eigenvalue weighted by Crippen LogP contribution is 2.28. The van der Waals surface area contributed by atoms with Crippen molar-refractivity contribution < 1.29 is 4.79 Å². The van der Waals surface area contributed by atoms with Crippen LogP contribution in [0.25, 0.3) is 5.69 Å². The number of para-hydroxylation sites is 1. The van der Waals surface area contributed by atoms with E-state index >= 15 is 0 Å². The highest BCUT2D eigenvalue weighted by molar-refractivity contribution is 5.83. The van der Waals surface area contributed by atoms with Crippen LogP contribution < -0.4 is 0 Å². The summed E-state index contributed by atoms with van der Waals surface area (Å²) in [5, 5.41) is 4.75. The summed E-state index contributed by atoms with van der Waals surface area (Å²) >= 11 is 0. The summed E-state index contributed by atoms with van der Waals surface area (Å²) in [4.78, 5) is 17.1. The van der Waals surface area contributed by atoms with Gasteiger partial charge in [0, 0.05) is 36.9 Å². The first-order valence-corrected chi connectivity index (χ1v) is 9.21. The minimum absolute atomic E-state index is 0.0479. The second-order valence-corrected chi connectivity index (χ2v) is 7.33. The molecule has 2 aromatic rings. The number of benzene rings is 1. The quantitative estimate of drug-likeness (QED) is 0.864. The number of rotatable bonds is 3. The van der Waals surface area contributed by atoms with Crippen molar-refractivity contribution in [1.82, 2.24) is 19.6 Å². The second kappa shape index (κ2) is 6.30. The molecule has 4 rings (SSSR count). The van der Waals surface area contributed by atoms with E-state index in [0.29, 0.717) is 11.9 Å². The van der Waals surface area contributed by atoms with Crippen LogP contribution in [-0.2, 0) is 11.3 Å². The topological polar surface area (TPSA) is 41.4 Å². The van der Waals surface area contributed by atoms with Gasteiger partial charge in [0.2, 0.25) is 5.91 Å². The Morgan fingerprint density at radius 3 is 2.72 bits per heavy atom. The molecule has 0 aliphatic carbocycles. The van der Waals surface area contributed by atoms with Crippen molar-refractivity contribution in [3.8, 4) is 5.69 Å². The Labute approximate surface area is 149 Å². The molecule has 5 heteroatoms. The predicted molar refractivity (Wildman–Crippen MR) is 97.6 cm³/mol. The van der Waals surface area contributed by atoms with E-state index < -0.39 is 0 Å². The van der Waals surface area contributed by atoms with Gasteiger partial charge in [0.15, 0.2) is 0 Å². The fourth-order valence-corrected chi connectivity index (χ4v) is 4.27. The van der Waals surface area contributed by atoms with Crippen molar-refractivity contribution in [2.75, 3.05) is 13.1 Å². The molecule has 0 bridgehead atoms. The van der Waals surface area contributed by atoms with Gasteiger partial charge >= 0.3 is 0 Å². The monoisotopic (exact) mass is 338 g/mol. The van der Waals surface area contributed by atoms with Gasteiger partial charge < -0.3 is 4.90 Å². The number of carbonyl (C=O) groups excluding carboxylic acids is 1. The molecule has 2 aliphatic heterocycles. The molecule has 1 aromatic heterocycles. The second-order valence-electron chi connectivity index (χ2n) is 7.33. The third kappa shape index (κ3) is 2.76. The lowest BCUT2D eigenvalue weighted by atomic mass is 10.1. The number of hydrogen-bond acceptors (Lipinski definition) is 3. The number of hydrogen-bond donors (Lipinski definition) is 0.